The summed E-state index contributed by atoms with van der Waals surface area (Å²) in [5, 5.41) is 8.44. The summed E-state index contributed by atoms with van der Waals surface area (Å²) in [6.07, 6.45) is 0.350. The first-order valence-electron chi connectivity index (χ1n) is 12.9. The van der Waals surface area contributed by atoms with Crippen molar-refractivity contribution in [2.75, 3.05) is 38.1 Å². The van der Waals surface area contributed by atoms with E-state index in [1.165, 1.54) is 0 Å². The summed E-state index contributed by atoms with van der Waals surface area (Å²) < 4.78 is 40.1. The Bertz CT molecular complexity index is 1340. The molecule has 0 radical (unpaired) electrons. The Kier molecular flexibility index (Phi) is 7.38. The van der Waals surface area contributed by atoms with Gasteiger partial charge in [-0.1, -0.05) is 5.21 Å². The van der Waals surface area contributed by atoms with Crippen LogP contribution in [0.5, 0.6) is 0 Å². The van der Waals surface area contributed by atoms with Crippen LogP contribution in [-0.4, -0.2) is 91.9 Å². The van der Waals surface area contributed by atoms with Crippen LogP contribution in [0, 0.1) is 0 Å². The van der Waals surface area contributed by atoms with Crippen LogP contribution in [0.4, 0.5) is 19.1 Å². The number of hydrogen-bond acceptors (Lipinski definition) is 8. The predicted molar refractivity (Wildman–Crippen MR) is 136 cm³/mol. The third-order valence-corrected chi connectivity index (χ3v) is 7.67. The summed E-state index contributed by atoms with van der Waals surface area (Å²) in [6, 6.07) is 5.16. The van der Waals surface area contributed by atoms with Crippen LogP contribution in [-0.2, 0) is 17.5 Å². The van der Waals surface area contributed by atoms with Gasteiger partial charge in [0, 0.05) is 50.2 Å². The number of halogens is 3. The van der Waals surface area contributed by atoms with Crippen LogP contribution in [0.1, 0.15) is 41.6 Å². The van der Waals surface area contributed by atoms with Crippen molar-refractivity contribution in [3.8, 4) is 0 Å². The zero-order valence-electron chi connectivity index (χ0n) is 21.5. The molecule has 2 saturated heterocycles. The van der Waals surface area contributed by atoms with E-state index >= 15 is 0 Å². The molecule has 2 aliphatic heterocycles. The van der Waals surface area contributed by atoms with Gasteiger partial charge in [0.15, 0.2) is 0 Å². The predicted octanol–water partition coefficient (Wildman–Crippen LogP) is 1.93. The number of nitrogens with two attached hydrogens (primary N) is 1. The van der Waals surface area contributed by atoms with E-state index in [4.69, 9.17) is 5.73 Å². The summed E-state index contributed by atoms with van der Waals surface area (Å²) in [6.45, 7) is 2.72. The van der Waals surface area contributed by atoms with Gasteiger partial charge in [0.1, 0.15) is 5.52 Å². The second kappa shape index (κ2) is 10.8. The summed E-state index contributed by atoms with van der Waals surface area (Å²) in [5.74, 6) is -0.233. The van der Waals surface area contributed by atoms with Gasteiger partial charge >= 0.3 is 6.18 Å². The second-order valence-corrected chi connectivity index (χ2v) is 10.1. The van der Waals surface area contributed by atoms with E-state index in [2.05, 4.69) is 25.2 Å². The number of hydrogen-bond donors (Lipinski definition) is 1. The number of aromatic nitrogens is 5. The summed E-state index contributed by atoms with van der Waals surface area (Å²) >= 11 is 0. The molecule has 39 heavy (non-hydrogen) atoms. The molecule has 0 spiro atoms. The molecule has 0 saturated carbocycles. The molecule has 1 atom stereocenters. The number of nitrogens with zero attached hydrogens (tertiary/aromatic N) is 8. The van der Waals surface area contributed by atoms with Gasteiger partial charge in [-0.2, -0.15) is 13.2 Å². The fourth-order valence-corrected chi connectivity index (χ4v) is 5.34. The maximum Gasteiger partial charge on any atom is 0.419 e. The van der Waals surface area contributed by atoms with Crippen molar-refractivity contribution in [3.63, 3.8) is 0 Å². The zero-order valence-corrected chi connectivity index (χ0v) is 21.5. The van der Waals surface area contributed by atoms with Crippen molar-refractivity contribution in [2.24, 2.45) is 5.73 Å². The number of primary amides is 1. The van der Waals surface area contributed by atoms with E-state index in [9.17, 15) is 22.8 Å². The number of likely N-dealkylation sites (N-methyl/N-ethyl adjacent to an activating group) is 1. The first-order chi connectivity index (χ1) is 18.6. The zero-order chi connectivity index (χ0) is 27.7. The summed E-state index contributed by atoms with van der Waals surface area (Å²) in [5.41, 5.74) is 6.34. The SMILES string of the molecule is CN(C(=O)CN1CCCC1Cn1nnc2ccc(C(N)=O)cc21)C1CCN(c2ncc(C(F)(F)F)cn2)CC1. The van der Waals surface area contributed by atoms with Crippen molar-refractivity contribution >= 4 is 28.8 Å². The minimum atomic E-state index is -4.47. The average molecular weight is 546 g/mol. The lowest BCUT2D eigenvalue weighted by atomic mass is 10.0. The Morgan fingerprint density at radius 2 is 1.82 bits per heavy atom. The second-order valence-electron chi connectivity index (χ2n) is 10.1. The van der Waals surface area contributed by atoms with Crippen molar-refractivity contribution in [1.82, 2.24) is 34.8 Å². The number of benzene rings is 1. The van der Waals surface area contributed by atoms with Crippen LogP contribution in [0.15, 0.2) is 30.6 Å². The van der Waals surface area contributed by atoms with E-state index in [0.29, 0.717) is 43.6 Å². The van der Waals surface area contributed by atoms with E-state index in [1.54, 1.807) is 34.8 Å². The van der Waals surface area contributed by atoms with Gasteiger partial charge in [-0.05, 0) is 50.4 Å². The van der Waals surface area contributed by atoms with Crippen molar-refractivity contribution in [3.05, 3.63) is 41.7 Å². The Balaban J connectivity index is 1.16. The number of anilines is 1. The molecule has 208 valence electrons. The lowest BCUT2D eigenvalue weighted by molar-refractivity contribution is -0.138. The molecule has 2 aliphatic rings. The summed E-state index contributed by atoms with van der Waals surface area (Å²) in [4.78, 5) is 38.4. The molecule has 1 unspecified atom stereocenters. The largest absolute Gasteiger partial charge is 0.419 e. The number of fused-ring (bicyclic) bond motifs is 1. The highest BCUT2D eigenvalue weighted by atomic mass is 19.4. The van der Waals surface area contributed by atoms with Gasteiger partial charge in [0.25, 0.3) is 0 Å². The third-order valence-electron chi connectivity index (χ3n) is 7.67. The van der Waals surface area contributed by atoms with Crippen LogP contribution in [0.25, 0.3) is 11.0 Å². The Labute approximate surface area is 222 Å². The van der Waals surface area contributed by atoms with Gasteiger partial charge in [-0.25, -0.2) is 14.6 Å². The molecular formula is C25H30F3N9O2. The quantitative estimate of drug-likeness (QED) is 0.477. The van der Waals surface area contributed by atoms with Crippen LogP contribution >= 0.6 is 0 Å². The first kappa shape index (κ1) is 26.8. The number of carbonyl (C=O) groups excluding carboxylic acids is 2. The lowest BCUT2D eigenvalue weighted by Gasteiger charge is -2.37. The number of rotatable bonds is 7. The number of piperidine rings is 1. The average Bonchev–Trinajstić information content (AvgIpc) is 3.54. The van der Waals surface area contributed by atoms with E-state index < -0.39 is 17.6 Å². The highest BCUT2D eigenvalue weighted by Crippen LogP contribution is 2.29. The van der Waals surface area contributed by atoms with Gasteiger partial charge in [-0.15, -0.1) is 5.10 Å². The molecule has 1 aromatic carbocycles. The fraction of sp³-hybridized carbons (Fsp3) is 0.520. The Hall–Kier alpha value is -3.81. The van der Waals surface area contributed by atoms with E-state index in [1.807, 2.05) is 4.90 Å². The maximum atomic E-state index is 13.2. The highest BCUT2D eigenvalue weighted by molar-refractivity contribution is 5.96. The molecule has 5 rings (SSSR count). The Morgan fingerprint density at radius 1 is 1.10 bits per heavy atom. The highest BCUT2D eigenvalue weighted by Gasteiger charge is 2.33. The van der Waals surface area contributed by atoms with Crippen LogP contribution in [0.3, 0.4) is 0 Å². The van der Waals surface area contributed by atoms with E-state index in [-0.39, 0.29) is 30.5 Å². The molecule has 14 heteroatoms. The molecule has 2 aromatic heterocycles. The van der Waals surface area contributed by atoms with Crippen LogP contribution < -0.4 is 10.6 Å². The third kappa shape index (κ3) is 5.79. The minimum absolute atomic E-state index is 0.0191. The molecule has 11 nitrogen and oxygen atoms in total. The minimum Gasteiger partial charge on any atom is -0.366 e. The molecule has 4 heterocycles. The standard InChI is InChI=1S/C25H30F3N9O2/c1-34(18-6-9-35(10-7-18)24-30-12-17(13-31-24)25(26,27)28)22(38)15-36-8-2-3-19(36)14-37-21-11-16(23(29)39)4-5-20(21)32-33-37/h4-5,11-13,18-19H,2-3,6-10,14-15H2,1H3,(H2,29,39). The lowest BCUT2D eigenvalue weighted by Crippen LogP contribution is -2.49. The molecule has 2 amide bonds. The number of alkyl halides is 3. The Morgan fingerprint density at radius 3 is 2.49 bits per heavy atom. The monoisotopic (exact) mass is 545 g/mol. The number of likely N-dealkylation sites (tertiary alicyclic amines) is 1. The maximum absolute atomic E-state index is 13.2. The van der Waals surface area contributed by atoms with E-state index in [0.717, 1.165) is 37.3 Å². The van der Waals surface area contributed by atoms with Crippen LogP contribution in [0.2, 0.25) is 0 Å². The normalized spacial score (nSPS) is 19.1. The van der Waals surface area contributed by atoms with Gasteiger partial charge < -0.3 is 15.5 Å². The van der Waals surface area contributed by atoms with Crippen molar-refractivity contribution < 1.29 is 22.8 Å². The van der Waals surface area contributed by atoms with Gasteiger partial charge in [0.2, 0.25) is 17.8 Å². The number of carbonyl (C=O) groups is 2. The smallest absolute Gasteiger partial charge is 0.366 e. The number of amides is 2. The molecule has 3 aromatic rings. The van der Waals surface area contributed by atoms with Gasteiger partial charge in [0.05, 0.1) is 24.2 Å². The molecule has 0 aliphatic carbocycles. The van der Waals surface area contributed by atoms with Crippen molar-refractivity contribution in [1.29, 1.82) is 0 Å². The molecular weight excluding hydrogens is 515 g/mol. The fourth-order valence-electron chi connectivity index (χ4n) is 5.34. The molecule has 2 fully saturated rings. The van der Waals surface area contributed by atoms with Gasteiger partial charge in [-0.3, -0.25) is 14.5 Å². The molecule has 0 bridgehead atoms. The molecule has 2 N–H and O–H groups in total. The van der Waals surface area contributed by atoms with Crippen molar-refractivity contribution in [2.45, 2.75) is 50.5 Å². The first-order valence-corrected chi connectivity index (χ1v) is 12.9. The summed E-state index contributed by atoms with van der Waals surface area (Å²) in [7, 11) is 1.80. The topological polar surface area (TPSA) is 126 Å².